The summed E-state index contributed by atoms with van der Waals surface area (Å²) in [6.07, 6.45) is 6.04. The minimum absolute atomic E-state index is 0.0889. The highest BCUT2D eigenvalue weighted by atomic mass is 16.1. The quantitative estimate of drug-likeness (QED) is 0.324. The van der Waals surface area contributed by atoms with Gasteiger partial charge in [0.2, 0.25) is 0 Å². The fourth-order valence-corrected chi connectivity index (χ4v) is 4.99. The van der Waals surface area contributed by atoms with Crippen LogP contribution >= 0.6 is 0 Å². The molecule has 1 aliphatic rings. The standard InChI is InChI=1S/C29H32N4O/c34-29-27-15-7-8-16-28(27)30-23-33(29)26-17-21-31(22-18-26)19-9-10-20-32(24-11-3-1-4-12-24)25-13-5-2-6-14-25/h1-8,11-16,23,26H,9-10,17-22H2. The van der Waals surface area contributed by atoms with Crippen molar-refractivity contribution in [1.29, 1.82) is 0 Å². The van der Waals surface area contributed by atoms with Crippen molar-refractivity contribution in [1.82, 2.24) is 14.5 Å². The summed E-state index contributed by atoms with van der Waals surface area (Å²) in [7, 11) is 0. The van der Waals surface area contributed by atoms with Crippen molar-refractivity contribution >= 4 is 22.3 Å². The van der Waals surface area contributed by atoms with Gasteiger partial charge in [0, 0.05) is 37.1 Å². The van der Waals surface area contributed by atoms with E-state index in [2.05, 4.69) is 75.4 Å². The highest BCUT2D eigenvalue weighted by Crippen LogP contribution is 2.26. The second kappa shape index (κ2) is 10.7. The lowest BCUT2D eigenvalue weighted by molar-refractivity contribution is 0.182. The normalized spacial score (nSPS) is 14.9. The molecule has 0 spiro atoms. The van der Waals surface area contributed by atoms with Crippen LogP contribution in [0.1, 0.15) is 31.7 Å². The molecular weight excluding hydrogens is 420 g/mol. The first-order valence-corrected chi connectivity index (χ1v) is 12.4. The van der Waals surface area contributed by atoms with Gasteiger partial charge in [-0.2, -0.15) is 0 Å². The number of hydrogen-bond acceptors (Lipinski definition) is 4. The molecule has 0 unspecified atom stereocenters. The Bertz CT molecular complexity index is 1210. The van der Waals surface area contributed by atoms with Crippen molar-refractivity contribution in [2.24, 2.45) is 0 Å². The number of hydrogen-bond donors (Lipinski definition) is 0. The van der Waals surface area contributed by atoms with Gasteiger partial charge in [-0.3, -0.25) is 9.36 Å². The van der Waals surface area contributed by atoms with E-state index in [-0.39, 0.29) is 11.6 Å². The monoisotopic (exact) mass is 452 g/mol. The molecule has 1 saturated heterocycles. The molecule has 0 radical (unpaired) electrons. The molecule has 0 N–H and O–H groups in total. The molecule has 1 aliphatic heterocycles. The topological polar surface area (TPSA) is 41.4 Å². The summed E-state index contributed by atoms with van der Waals surface area (Å²) in [4.78, 5) is 22.4. The smallest absolute Gasteiger partial charge is 0.261 e. The van der Waals surface area contributed by atoms with Crippen LogP contribution in [0, 0.1) is 0 Å². The van der Waals surface area contributed by atoms with E-state index in [0.717, 1.165) is 57.4 Å². The van der Waals surface area contributed by atoms with E-state index >= 15 is 0 Å². The van der Waals surface area contributed by atoms with Crippen LogP contribution in [0.2, 0.25) is 0 Å². The van der Waals surface area contributed by atoms with Crippen molar-refractivity contribution in [3.63, 3.8) is 0 Å². The van der Waals surface area contributed by atoms with Crippen LogP contribution in [0.5, 0.6) is 0 Å². The highest BCUT2D eigenvalue weighted by molar-refractivity contribution is 5.76. The highest BCUT2D eigenvalue weighted by Gasteiger charge is 2.22. The van der Waals surface area contributed by atoms with E-state index < -0.39 is 0 Å². The number of benzene rings is 3. The average molecular weight is 453 g/mol. The van der Waals surface area contributed by atoms with Gasteiger partial charge in [-0.05, 0) is 68.6 Å². The molecule has 3 aromatic carbocycles. The number of likely N-dealkylation sites (tertiary alicyclic amines) is 1. The summed E-state index contributed by atoms with van der Waals surface area (Å²) < 4.78 is 1.86. The Morgan fingerprint density at radius 3 is 2.09 bits per heavy atom. The SMILES string of the molecule is O=c1c2ccccc2ncn1C1CCN(CCCCN(c2ccccc2)c2ccccc2)CC1. The molecule has 0 bridgehead atoms. The average Bonchev–Trinajstić information content (AvgIpc) is 2.91. The number of para-hydroxylation sites is 3. The zero-order chi connectivity index (χ0) is 23.2. The Kier molecular flexibility index (Phi) is 7.01. The van der Waals surface area contributed by atoms with Gasteiger partial charge in [0.15, 0.2) is 0 Å². The van der Waals surface area contributed by atoms with E-state index in [0.29, 0.717) is 5.39 Å². The van der Waals surface area contributed by atoms with Gasteiger partial charge >= 0.3 is 0 Å². The summed E-state index contributed by atoms with van der Waals surface area (Å²) in [5, 5.41) is 0.716. The van der Waals surface area contributed by atoms with Crippen LogP contribution in [0.4, 0.5) is 11.4 Å². The molecule has 0 saturated carbocycles. The van der Waals surface area contributed by atoms with E-state index in [9.17, 15) is 4.79 Å². The molecular formula is C29H32N4O. The molecule has 0 aliphatic carbocycles. The van der Waals surface area contributed by atoms with Crippen LogP contribution in [-0.4, -0.2) is 40.6 Å². The summed E-state index contributed by atoms with van der Waals surface area (Å²) in [6.45, 7) is 4.17. The van der Waals surface area contributed by atoms with Gasteiger partial charge < -0.3 is 9.80 Å². The summed E-state index contributed by atoms with van der Waals surface area (Å²) in [6, 6.07) is 29.1. The Morgan fingerprint density at radius 2 is 1.41 bits per heavy atom. The minimum Gasteiger partial charge on any atom is -0.341 e. The number of aromatic nitrogens is 2. The van der Waals surface area contributed by atoms with Crippen LogP contribution in [-0.2, 0) is 0 Å². The molecule has 5 heteroatoms. The second-order valence-corrected chi connectivity index (χ2v) is 9.08. The first kappa shape index (κ1) is 22.4. The number of anilines is 2. The molecule has 1 fully saturated rings. The maximum absolute atomic E-state index is 12.9. The van der Waals surface area contributed by atoms with Crippen LogP contribution in [0.25, 0.3) is 10.9 Å². The largest absolute Gasteiger partial charge is 0.341 e. The Morgan fingerprint density at radius 1 is 0.794 bits per heavy atom. The van der Waals surface area contributed by atoms with Crippen LogP contribution in [0.15, 0.2) is 96.1 Å². The predicted molar refractivity (Wildman–Crippen MR) is 140 cm³/mol. The zero-order valence-corrected chi connectivity index (χ0v) is 19.6. The Balaban J connectivity index is 1.13. The van der Waals surface area contributed by atoms with Crippen molar-refractivity contribution in [3.8, 4) is 0 Å². The van der Waals surface area contributed by atoms with Crippen molar-refractivity contribution in [2.75, 3.05) is 31.1 Å². The first-order chi connectivity index (χ1) is 16.8. The molecule has 0 atom stereocenters. The number of piperidine rings is 1. The second-order valence-electron chi connectivity index (χ2n) is 9.08. The summed E-state index contributed by atoms with van der Waals surface area (Å²) >= 11 is 0. The number of unbranched alkanes of at least 4 members (excludes halogenated alkanes) is 1. The van der Waals surface area contributed by atoms with Crippen molar-refractivity contribution in [3.05, 3.63) is 102 Å². The molecule has 5 rings (SSSR count). The van der Waals surface area contributed by atoms with Crippen molar-refractivity contribution in [2.45, 2.75) is 31.7 Å². The minimum atomic E-state index is 0.0889. The summed E-state index contributed by atoms with van der Waals surface area (Å²) in [5.74, 6) is 0. The van der Waals surface area contributed by atoms with E-state index in [1.165, 1.54) is 11.4 Å². The fraction of sp³-hybridized carbons (Fsp3) is 0.310. The van der Waals surface area contributed by atoms with Crippen molar-refractivity contribution < 1.29 is 0 Å². The van der Waals surface area contributed by atoms with E-state index in [1.807, 2.05) is 28.8 Å². The number of nitrogens with zero attached hydrogens (tertiary/aromatic N) is 4. The maximum Gasteiger partial charge on any atom is 0.261 e. The first-order valence-electron chi connectivity index (χ1n) is 12.4. The van der Waals surface area contributed by atoms with E-state index in [4.69, 9.17) is 0 Å². The Hall–Kier alpha value is -3.44. The van der Waals surface area contributed by atoms with Gasteiger partial charge in [0.1, 0.15) is 0 Å². The molecule has 1 aromatic heterocycles. The van der Waals surface area contributed by atoms with Crippen LogP contribution in [0.3, 0.4) is 0 Å². The third-order valence-electron chi connectivity index (χ3n) is 6.88. The number of fused-ring (bicyclic) bond motifs is 1. The molecule has 0 amide bonds. The number of rotatable bonds is 8. The molecule has 4 aromatic rings. The summed E-state index contributed by atoms with van der Waals surface area (Å²) in [5.41, 5.74) is 3.35. The lowest BCUT2D eigenvalue weighted by atomic mass is 10.0. The molecule has 2 heterocycles. The molecule has 174 valence electrons. The maximum atomic E-state index is 12.9. The van der Waals surface area contributed by atoms with Crippen LogP contribution < -0.4 is 10.5 Å². The lowest BCUT2D eigenvalue weighted by Crippen LogP contribution is -2.38. The fourth-order valence-electron chi connectivity index (χ4n) is 4.99. The van der Waals surface area contributed by atoms with Gasteiger partial charge in [0.05, 0.1) is 17.2 Å². The van der Waals surface area contributed by atoms with Gasteiger partial charge in [0.25, 0.3) is 5.56 Å². The van der Waals surface area contributed by atoms with Gasteiger partial charge in [-0.1, -0.05) is 48.5 Å². The lowest BCUT2D eigenvalue weighted by Gasteiger charge is -2.33. The zero-order valence-electron chi connectivity index (χ0n) is 19.6. The van der Waals surface area contributed by atoms with Gasteiger partial charge in [-0.15, -0.1) is 0 Å². The Labute approximate surface area is 201 Å². The predicted octanol–water partition coefficient (Wildman–Crippen LogP) is 5.65. The molecule has 5 nitrogen and oxygen atoms in total. The molecule has 34 heavy (non-hydrogen) atoms. The third-order valence-corrected chi connectivity index (χ3v) is 6.88. The van der Waals surface area contributed by atoms with Gasteiger partial charge in [-0.25, -0.2) is 4.98 Å². The third kappa shape index (κ3) is 5.05. The van der Waals surface area contributed by atoms with E-state index in [1.54, 1.807) is 6.33 Å².